The number of aryl methyl sites for hydroxylation is 1. The third-order valence-electron chi connectivity index (χ3n) is 7.63. The number of anilines is 2. The first-order valence-electron chi connectivity index (χ1n) is 15.0. The van der Waals surface area contributed by atoms with Gasteiger partial charge >= 0.3 is 0 Å². The molecule has 0 fully saturated rings. The summed E-state index contributed by atoms with van der Waals surface area (Å²) >= 11 is 0. The van der Waals surface area contributed by atoms with Crippen molar-refractivity contribution < 1.29 is 0 Å². The van der Waals surface area contributed by atoms with Crippen molar-refractivity contribution in [2.45, 2.75) is 6.92 Å². The lowest BCUT2D eigenvalue weighted by molar-refractivity contribution is 1.27. The minimum atomic E-state index is 1.10. The van der Waals surface area contributed by atoms with Crippen LogP contribution in [0.3, 0.4) is 0 Å². The smallest absolute Gasteiger partial charge is 0.0456 e. The van der Waals surface area contributed by atoms with Crippen LogP contribution in [0.1, 0.15) is 33.4 Å². The predicted molar refractivity (Wildman–Crippen MR) is 189 cm³/mol. The lowest BCUT2D eigenvalue weighted by atomic mass is 9.97. The van der Waals surface area contributed by atoms with Crippen LogP contribution in [-0.2, 0) is 0 Å². The Hall–Kier alpha value is -5.66. The monoisotopic (exact) mass is 565 g/mol. The van der Waals surface area contributed by atoms with Gasteiger partial charge in [0.15, 0.2) is 0 Å². The van der Waals surface area contributed by atoms with Gasteiger partial charge in [0.1, 0.15) is 0 Å². The number of rotatable bonds is 9. The van der Waals surface area contributed by atoms with Gasteiger partial charge < -0.3 is 4.90 Å². The van der Waals surface area contributed by atoms with Crippen molar-refractivity contribution in [1.29, 1.82) is 0 Å². The van der Waals surface area contributed by atoms with Crippen molar-refractivity contribution in [2.75, 3.05) is 4.90 Å². The Kier molecular flexibility index (Phi) is 9.06. The summed E-state index contributed by atoms with van der Waals surface area (Å²) in [4.78, 5) is 2.28. The molecule has 0 aromatic heterocycles. The van der Waals surface area contributed by atoms with E-state index in [9.17, 15) is 0 Å². The predicted octanol–water partition coefficient (Wildman–Crippen LogP) is 11.4. The maximum atomic E-state index is 2.28. The van der Waals surface area contributed by atoms with E-state index < -0.39 is 0 Å². The molecular formula is C43H35N. The molecule has 0 atom stereocenters. The molecule has 0 saturated carbocycles. The Morgan fingerprint density at radius 2 is 0.818 bits per heavy atom. The van der Waals surface area contributed by atoms with Crippen LogP contribution in [0.25, 0.3) is 17.2 Å². The Labute approximate surface area is 261 Å². The molecule has 0 radical (unpaired) electrons. The van der Waals surface area contributed by atoms with Gasteiger partial charge in [0.05, 0.1) is 0 Å². The zero-order chi connectivity index (χ0) is 30.0. The Morgan fingerprint density at radius 1 is 0.432 bits per heavy atom. The summed E-state index contributed by atoms with van der Waals surface area (Å²) in [5.41, 5.74) is 11.7. The first-order chi connectivity index (χ1) is 21.7. The zero-order valence-corrected chi connectivity index (χ0v) is 24.9. The molecule has 0 heterocycles. The van der Waals surface area contributed by atoms with Crippen molar-refractivity contribution in [3.63, 3.8) is 0 Å². The molecule has 6 rings (SSSR count). The summed E-state index contributed by atoms with van der Waals surface area (Å²) in [6, 6.07) is 59.8. The molecule has 0 unspecified atom stereocenters. The highest BCUT2D eigenvalue weighted by atomic mass is 15.1. The first kappa shape index (κ1) is 28.5. The fourth-order valence-corrected chi connectivity index (χ4v) is 5.28. The maximum Gasteiger partial charge on any atom is 0.0456 e. The van der Waals surface area contributed by atoms with E-state index in [-0.39, 0.29) is 0 Å². The van der Waals surface area contributed by atoms with Crippen LogP contribution in [0, 0.1) is 6.92 Å². The highest BCUT2D eigenvalue weighted by molar-refractivity contribution is 5.84. The van der Waals surface area contributed by atoms with Crippen LogP contribution >= 0.6 is 0 Å². The molecule has 0 saturated heterocycles. The second-order valence-electron chi connectivity index (χ2n) is 10.7. The SMILES string of the molecule is Cc1ccc(N(C=C(c2ccccc2)c2ccccc2)c2ccc(/C=C/C=C(c3ccccc3)c3ccccc3)cc2)cc1. The van der Waals surface area contributed by atoms with Crippen LogP contribution in [-0.4, -0.2) is 0 Å². The average Bonchev–Trinajstić information content (AvgIpc) is 3.10. The largest absolute Gasteiger partial charge is 0.317 e. The van der Waals surface area contributed by atoms with Crippen molar-refractivity contribution in [1.82, 2.24) is 0 Å². The summed E-state index contributed by atoms with van der Waals surface area (Å²) in [5, 5.41) is 0. The van der Waals surface area contributed by atoms with Gasteiger partial charge in [-0.05, 0) is 64.6 Å². The first-order valence-corrected chi connectivity index (χ1v) is 15.0. The second-order valence-corrected chi connectivity index (χ2v) is 10.7. The molecule has 0 N–H and O–H groups in total. The van der Waals surface area contributed by atoms with Crippen molar-refractivity contribution in [3.8, 4) is 0 Å². The number of benzene rings is 6. The van der Waals surface area contributed by atoms with E-state index in [2.05, 4.69) is 206 Å². The third-order valence-corrected chi connectivity index (χ3v) is 7.63. The molecule has 44 heavy (non-hydrogen) atoms. The molecule has 0 aliphatic heterocycles. The molecule has 0 aliphatic carbocycles. The highest BCUT2D eigenvalue weighted by Crippen LogP contribution is 2.32. The van der Waals surface area contributed by atoms with Gasteiger partial charge in [-0.1, -0.05) is 169 Å². The topological polar surface area (TPSA) is 3.24 Å². The maximum absolute atomic E-state index is 2.28. The van der Waals surface area contributed by atoms with E-state index in [1.807, 2.05) is 0 Å². The van der Waals surface area contributed by atoms with Crippen LogP contribution in [0.5, 0.6) is 0 Å². The van der Waals surface area contributed by atoms with Crippen molar-refractivity contribution in [2.24, 2.45) is 0 Å². The fraction of sp³-hybridized carbons (Fsp3) is 0.0233. The Morgan fingerprint density at radius 3 is 1.25 bits per heavy atom. The van der Waals surface area contributed by atoms with Gasteiger partial charge in [0, 0.05) is 23.1 Å². The van der Waals surface area contributed by atoms with E-state index in [0.717, 1.165) is 22.5 Å². The number of allylic oxidation sites excluding steroid dienone is 2. The molecule has 6 aromatic rings. The summed E-state index contributed by atoms with van der Waals surface area (Å²) in [7, 11) is 0. The second kappa shape index (κ2) is 14.0. The number of nitrogens with zero attached hydrogens (tertiary/aromatic N) is 1. The van der Waals surface area contributed by atoms with Crippen LogP contribution in [0.2, 0.25) is 0 Å². The Balaban J connectivity index is 1.35. The molecule has 1 heteroatoms. The number of hydrogen-bond acceptors (Lipinski definition) is 1. The van der Waals surface area contributed by atoms with Gasteiger partial charge in [0.2, 0.25) is 0 Å². The summed E-state index contributed by atoms with van der Waals surface area (Å²) in [5.74, 6) is 0. The van der Waals surface area contributed by atoms with E-state index in [1.165, 1.54) is 33.4 Å². The van der Waals surface area contributed by atoms with E-state index in [0.29, 0.717) is 0 Å². The van der Waals surface area contributed by atoms with E-state index in [1.54, 1.807) is 0 Å². The zero-order valence-electron chi connectivity index (χ0n) is 24.9. The quantitative estimate of drug-likeness (QED) is 0.158. The van der Waals surface area contributed by atoms with Crippen LogP contribution < -0.4 is 4.90 Å². The molecule has 1 nitrogen and oxygen atoms in total. The summed E-state index contributed by atoms with van der Waals surface area (Å²) < 4.78 is 0. The molecule has 0 bridgehead atoms. The summed E-state index contributed by atoms with van der Waals surface area (Å²) in [6.07, 6.45) is 8.77. The fourth-order valence-electron chi connectivity index (χ4n) is 5.28. The van der Waals surface area contributed by atoms with Crippen molar-refractivity contribution >= 4 is 28.6 Å². The molecule has 212 valence electrons. The Bertz CT molecular complexity index is 1770. The molecule has 6 aromatic carbocycles. The lowest BCUT2D eigenvalue weighted by Crippen LogP contribution is -2.10. The van der Waals surface area contributed by atoms with Gasteiger partial charge in [-0.15, -0.1) is 0 Å². The van der Waals surface area contributed by atoms with E-state index in [4.69, 9.17) is 0 Å². The lowest BCUT2D eigenvalue weighted by Gasteiger charge is -2.24. The standard InChI is InChI=1S/C43H35N/c1-34-25-29-40(30-26-34)44(33-43(38-20-10-4-11-21-38)39-22-12-5-13-23-39)41-31-27-35(28-32-41)15-14-24-42(36-16-6-2-7-17-36)37-18-8-3-9-19-37/h2-33H,1H3/b15-14+. The van der Waals surface area contributed by atoms with Gasteiger partial charge in [-0.2, -0.15) is 0 Å². The normalized spacial score (nSPS) is 10.8. The van der Waals surface area contributed by atoms with Gasteiger partial charge in [0.25, 0.3) is 0 Å². The third kappa shape index (κ3) is 7.03. The molecule has 0 amide bonds. The van der Waals surface area contributed by atoms with Gasteiger partial charge in [-0.3, -0.25) is 0 Å². The number of hydrogen-bond donors (Lipinski definition) is 0. The average molecular weight is 566 g/mol. The minimum Gasteiger partial charge on any atom is -0.317 e. The molecule has 0 aliphatic rings. The van der Waals surface area contributed by atoms with Crippen LogP contribution in [0.4, 0.5) is 11.4 Å². The van der Waals surface area contributed by atoms with Crippen LogP contribution in [0.15, 0.2) is 188 Å². The van der Waals surface area contributed by atoms with Crippen molar-refractivity contribution in [3.05, 3.63) is 222 Å². The highest BCUT2D eigenvalue weighted by Gasteiger charge is 2.12. The summed E-state index contributed by atoms with van der Waals surface area (Å²) in [6.45, 7) is 2.12. The molecular weight excluding hydrogens is 530 g/mol. The van der Waals surface area contributed by atoms with E-state index >= 15 is 0 Å². The molecule has 0 spiro atoms. The minimum absolute atomic E-state index is 1.10. The van der Waals surface area contributed by atoms with Gasteiger partial charge in [-0.25, -0.2) is 0 Å².